The third-order valence-corrected chi connectivity index (χ3v) is 5.17. The second kappa shape index (κ2) is 7.50. The van der Waals surface area contributed by atoms with Crippen LogP contribution in [0.15, 0.2) is 30.5 Å². The van der Waals surface area contributed by atoms with E-state index in [-0.39, 0.29) is 24.2 Å². The smallest absolute Gasteiger partial charge is 0.227 e. The van der Waals surface area contributed by atoms with Gasteiger partial charge in [0.2, 0.25) is 5.91 Å². The van der Waals surface area contributed by atoms with Crippen LogP contribution in [0, 0.1) is 5.82 Å². The molecular formula is C20H23FN4O. The zero-order chi connectivity index (χ0) is 17.9. The first kappa shape index (κ1) is 17.1. The van der Waals surface area contributed by atoms with E-state index in [2.05, 4.69) is 10.3 Å². The molecule has 0 bridgehead atoms. The van der Waals surface area contributed by atoms with Gasteiger partial charge in [-0.1, -0.05) is 18.6 Å². The maximum absolute atomic E-state index is 13.3. The number of hydrogen-bond acceptors (Lipinski definition) is 4. The summed E-state index contributed by atoms with van der Waals surface area (Å²) in [5.41, 5.74) is 2.77. The number of nitrogens with zero attached hydrogens (tertiary/aromatic N) is 3. The molecule has 3 heterocycles. The Morgan fingerprint density at radius 1 is 1.35 bits per heavy atom. The van der Waals surface area contributed by atoms with Crippen molar-refractivity contribution < 1.29 is 9.18 Å². The van der Waals surface area contributed by atoms with Crippen molar-refractivity contribution in [2.24, 2.45) is 0 Å². The van der Waals surface area contributed by atoms with Crippen molar-refractivity contribution >= 4 is 5.91 Å². The Kier molecular flexibility index (Phi) is 4.93. The summed E-state index contributed by atoms with van der Waals surface area (Å²) in [6.45, 7) is 2.20. The molecule has 1 fully saturated rings. The van der Waals surface area contributed by atoms with Gasteiger partial charge >= 0.3 is 0 Å². The van der Waals surface area contributed by atoms with Crippen molar-refractivity contribution in [3.8, 4) is 0 Å². The lowest BCUT2D eigenvalue weighted by Crippen LogP contribution is -2.38. The molecule has 2 aliphatic heterocycles. The van der Waals surface area contributed by atoms with Crippen LogP contribution < -0.4 is 5.32 Å². The van der Waals surface area contributed by atoms with Gasteiger partial charge in [-0.2, -0.15) is 0 Å². The van der Waals surface area contributed by atoms with Crippen LogP contribution >= 0.6 is 0 Å². The van der Waals surface area contributed by atoms with Gasteiger partial charge in [-0.15, -0.1) is 0 Å². The summed E-state index contributed by atoms with van der Waals surface area (Å²) in [5, 5.41) is 3.48. The molecule has 2 aliphatic rings. The zero-order valence-corrected chi connectivity index (χ0v) is 14.7. The standard InChI is InChI=1S/C20H23FN4O/c21-16-5-3-4-14(10-16)11-19(26)25-9-7-17-15(13-25)12-23-20(24-17)18-6-1-2-8-22-18/h3-5,10,12,18,22H,1-2,6-9,11,13H2/t18-/m1/s1. The van der Waals surface area contributed by atoms with Crippen LogP contribution in [0.2, 0.25) is 0 Å². The lowest BCUT2D eigenvalue weighted by molar-refractivity contribution is -0.131. The molecule has 0 saturated carbocycles. The van der Waals surface area contributed by atoms with Gasteiger partial charge in [0, 0.05) is 31.3 Å². The highest BCUT2D eigenvalue weighted by atomic mass is 19.1. The summed E-state index contributed by atoms with van der Waals surface area (Å²) in [7, 11) is 0. The third kappa shape index (κ3) is 3.75. The summed E-state index contributed by atoms with van der Waals surface area (Å²) in [6, 6.07) is 6.48. The number of nitrogens with one attached hydrogen (secondary N) is 1. The lowest BCUT2D eigenvalue weighted by Gasteiger charge is -2.29. The van der Waals surface area contributed by atoms with Crippen LogP contribution in [0.4, 0.5) is 4.39 Å². The van der Waals surface area contributed by atoms with E-state index in [1.807, 2.05) is 11.1 Å². The monoisotopic (exact) mass is 354 g/mol. The molecule has 1 saturated heterocycles. The Hall–Kier alpha value is -2.34. The number of fused-ring (bicyclic) bond motifs is 1. The van der Waals surface area contributed by atoms with Gasteiger partial charge in [-0.05, 0) is 37.1 Å². The van der Waals surface area contributed by atoms with Crippen LogP contribution in [0.1, 0.15) is 47.9 Å². The van der Waals surface area contributed by atoms with Gasteiger partial charge in [-0.3, -0.25) is 4.79 Å². The van der Waals surface area contributed by atoms with Gasteiger partial charge in [-0.25, -0.2) is 14.4 Å². The predicted molar refractivity (Wildman–Crippen MR) is 95.9 cm³/mol. The number of hydrogen-bond donors (Lipinski definition) is 1. The fourth-order valence-electron chi connectivity index (χ4n) is 3.72. The van der Waals surface area contributed by atoms with E-state index in [1.54, 1.807) is 12.1 Å². The number of carbonyl (C=O) groups excluding carboxylic acids is 1. The Labute approximate surface area is 152 Å². The number of aromatic nitrogens is 2. The van der Waals surface area contributed by atoms with Crippen LogP contribution in [0.5, 0.6) is 0 Å². The van der Waals surface area contributed by atoms with E-state index in [0.717, 1.165) is 36.5 Å². The minimum Gasteiger partial charge on any atom is -0.338 e. The molecule has 1 aromatic carbocycles. The van der Waals surface area contributed by atoms with E-state index in [4.69, 9.17) is 4.98 Å². The first-order chi connectivity index (χ1) is 12.7. The second-order valence-corrected chi connectivity index (χ2v) is 7.07. The van der Waals surface area contributed by atoms with E-state index in [0.29, 0.717) is 18.7 Å². The highest BCUT2D eigenvalue weighted by Crippen LogP contribution is 2.23. The Morgan fingerprint density at radius 3 is 3.08 bits per heavy atom. The predicted octanol–water partition coefficient (Wildman–Crippen LogP) is 2.56. The molecule has 6 heteroatoms. The molecule has 1 amide bonds. The molecular weight excluding hydrogens is 331 g/mol. The van der Waals surface area contributed by atoms with Crippen LogP contribution in [-0.2, 0) is 24.2 Å². The molecule has 0 unspecified atom stereocenters. The highest BCUT2D eigenvalue weighted by Gasteiger charge is 2.24. The Balaban J connectivity index is 1.43. The zero-order valence-electron chi connectivity index (χ0n) is 14.7. The van der Waals surface area contributed by atoms with Crippen molar-refractivity contribution in [2.45, 2.75) is 44.7 Å². The fourth-order valence-corrected chi connectivity index (χ4v) is 3.72. The molecule has 4 rings (SSSR count). The molecule has 136 valence electrons. The molecule has 5 nitrogen and oxygen atoms in total. The maximum Gasteiger partial charge on any atom is 0.227 e. The topological polar surface area (TPSA) is 58.1 Å². The molecule has 0 spiro atoms. The Bertz CT molecular complexity index is 804. The first-order valence-electron chi connectivity index (χ1n) is 9.29. The largest absolute Gasteiger partial charge is 0.338 e. The minimum atomic E-state index is -0.309. The SMILES string of the molecule is O=C(Cc1cccc(F)c1)N1CCc2nc([C@H]3CCCCN3)ncc2C1. The summed E-state index contributed by atoms with van der Waals surface area (Å²) < 4.78 is 13.3. The maximum atomic E-state index is 13.3. The summed E-state index contributed by atoms with van der Waals surface area (Å²) in [6.07, 6.45) is 6.33. The average Bonchev–Trinajstić information content (AvgIpc) is 2.68. The van der Waals surface area contributed by atoms with Gasteiger partial charge in [0.05, 0.1) is 18.2 Å². The van der Waals surface area contributed by atoms with E-state index < -0.39 is 0 Å². The molecule has 0 radical (unpaired) electrons. The molecule has 1 atom stereocenters. The van der Waals surface area contributed by atoms with Crippen molar-refractivity contribution in [1.82, 2.24) is 20.2 Å². The van der Waals surface area contributed by atoms with Crippen LogP contribution in [0.3, 0.4) is 0 Å². The van der Waals surface area contributed by atoms with E-state index >= 15 is 0 Å². The normalized spacial score (nSPS) is 19.9. The molecule has 26 heavy (non-hydrogen) atoms. The van der Waals surface area contributed by atoms with Crippen molar-refractivity contribution in [1.29, 1.82) is 0 Å². The summed E-state index contributed by atoms with van der Waals surface area (Å²) >= 11 is 0. The average molecular weight is 354 g/mol. The van der Waals surface area contributed by atoms with E-state index in [1.165, 1.54) is 25.0 Å². The molecule has 1 N–H and O–H groups in total. The number of rotatable bonds is 3. The number of halogens is 1. The van der Waals surface area contributed by atoms with Crippen LogP contribution in [-0.4, -0.2) is 33.9 Å². The van der Waals surface area contributed by atoms with Crippen LogP contribution in [0.25, 0.3) is 0 Å². The second-order valence-electron chi connectivity index (χ2n) is 7.07. The van der Waals surface area contributed by atoms with Gasteiger partial charge in [0.25, 0.3) is 0 Å². The third-order valence-electron chi connectivity index (χ3n) is 5.17. The van der Waals surface area contributed by atoms with Gasteiger partial charge in [0.15, 0.2) is 0 Å². The van der Waals surface area contributed by atoms with Crippen molar-refractivity contribution in [3.63, 3.8) is 0 Å². The van der Waals surface area contributed by atoms with E-state index in [9.17, 15) is 9.18 Å². The molecule has 1 aromatic heterocycles. The summed E-state index contributed by atoms with van der Waals surface area (Å²) in [5.74, 6) is 0.582. The molecule has 2 aromatic rings. The number of benzene rings is 1. The van der Waals surface area contributed by atoms with Crippen molar-refractivity contribution in [2.75, 3.05) is 13.1 Å². The summed E-state index contributed by atoms with van der Waals surface area (Å²) in [4.78, 5) is 23.7. The Morgan fingerprint density at radius 2 is 2.27 bits per heavy atom. The fraction of sp³-hybridized carbons (Fsp3) is 0.450. The minimum absolute atomic E-state index is 0.0132. The molecule has 0 aliphatic carbocycles. The quantitative estimate of drug-likeness (QED) is 0.920. The first-order valence-corrected chi connectivity index (χ1v) is 9.29. The van der Waals surface area contributed by atoms with Gasteiger partial charge < -0.3 is 10.2 Å². The number of carbonyl (C=O) groups is 1. The number of piperidine rings is 1. The van der Waals surface area contributed by atoms with Gasteiger partial charge in [0.1, 0.15) is 11.6 Å². The highest BCUT2D eigenvalue weighted by molar-refractivity contribution is 5.79. The number of amides is 1. The lowest BCUT2D eigenvalue weighted by atomic mass is 10.0. The van der Waals surface area contributed by atoms with Crippen molar-refractivity contribution in [3.05, 3.63) is 58.9 Å².